The minimum absolute atomic E-state index is 0.197. The largest absolute Gasteiger partial charge is 0.310 e. The number of carbonyl (C=O) groups is 1. The number of amides is 1. The van der Waals surface area contributed by atoms with Crippen molar-refractivity contribution in [2.75, 3.05) is 28.6 Å². The molecule has 1 heterocycles. The number of para-hydroxylation sites is 1. The Labute approximate surface area is 148 Å². The number of aryl methyl sites for hydroxylation is 2. The minimum Gasteiger partial charge on any atom is -0.310 e. The summed E-state index contributed by atoms with van der Waals surface area (Å²) in [5.41, 5.74) is 4.43. The van der Waals surface area contributed by atoms with Gasteiger partial charge in [0.25, 0.3) is 0 Å². The van der Waals surface area contributed by atoms with Gasteiger partial charge in [0.15, 0.2) is 0 Å². The number of hydrogen-bond donors (Lipinski definition) is 0. The van der Waals surface area contributed by atoms with Crippen LogP contribution in [0.2, 0.25) is 0 Å². The first-order valence-electron chi connectivity index (χ1n) is 8.20. The molecule has 0 radical (unpaired) electrons. The number of benzene rings is 2. The Balaban J connectivity index is 1.91. The summed E-state index contributed by atoms with van der Waals surface area (Å²) in [4.78, 5) is 14.5. The van der Waals surface area contributed by atoms with Crippen LogP contribution < -0.4 is 9.21 Å². The predicted molar refractivity (Wildman–Crippen MR) is 101 cm³/mol. The van der Waals surface area contributed by atoms with Crippen LogP contribution in [0.1, 0.15) is 16.7 Å². The van der Waals surface area contributed by atoms with Crippen LogP contribution in [0, 0.1) is 13.8 Å². The molecule has 132 valence electrons. The van der Waals surface area contributed by atoms with Gasteiger partial charge in [0.1, 0.15) is 6.54 Å². The van der Waals surface area contributed by atoms with E-state index in [0.717, 1.165) is 35.1 Å². The first-order chi connectivity index (χ1) is 11.8. The summed E-state index contributed by atoms with van der Waals surface area (Å²) in [6.07, 6.45) is 1.93. The molecule has 3 rings (SSSR count). The highest BCUT2D eigenvalue weighted by atomic mass is 32.2. The zero-order valence-corrected chi connectivity index (χ0v) is 15.5. The number of carbonyl (C=O) groups excluding carboxylic acids is 1. The molecule has 0 spiro atoms. The molecule has 0 unspecified atom stereocenters. The van der Waals surface area contributed by atoms with Crippen molar-refractivity contribution in [1.29, 1.82) is 0 Å². The minimum atomic E-state index is -3.57. The molecular formula is C19H22N2O3S. The van der Waals surface area contributed by atoms with Gasteiger partial charge in [-0.05, 0) is 43.5 Å². The molecule has 0 atom stereocenters. The molecule has 0 saturated heterocycles. The molecule has 6 heteroatoms. The molecule has 0 fully saturated rings. The van der Waals surface area contributed by atoms with Gasteiger partial charge in [-0.3, -0.25) is 9.10 Å². The summed E-state index contributed by atoms with van der Waals surface area (Å²) >= 11 is 0. The second kappa shape index (κ2) is 6.52. The lowest BCUT2D eigenvalue weighted by molar-refractivity contribution is -0.117. The van der Waals surface area contributed by atoms with Gasteiger partial charge in [0.2, 0.25) is 15.9 Å². The number of sulfonamides is 1. The van der Waals surface area contributed by atoms with Crippen molar-refractivity contribution in [1.82, 2.24) is 0 Å². The monoisotopic (exact) mass is 358 g/mol. The third kappa shape index (κ3) is 3.54. The smallest absolute Gasteiger partial charge is 0.247 e. The Bertz CT molecular complexity index is 922. The molecule has 1 aliphatic heterocycles. The average molecular weight is 358 g/mol. The second-order valence-corrected chi connectivity index (χ2v) is 8.39. The predicted octanol–water partition coefficient (Wildman–Crippen LogP) is 2.66. The third-order valence-corrected chi connectivity index (χ3v) is 5.61. The van der Waals surface area contributed by atoms with Gasteiger partial charge in [0, 0.05) is 12.2 Å². The van der Waals surface area contributed by atoms with Crippen molar-refractivity contribution in [3.8, 4) is 0 Å². The molecule has 0 saturated carbocycles. The number of anilines is 2. The van der Waals surface area contributed by atoms with Crippen LogP contribution in [0.3, 0.4) is 0 Å². The van der Waals surface area contributed by atoms with Crippen molar-refractivity contribution in [2.45, 2.75) is 20.3 Å². The highest BCUT2D eigenvalue weighted by molar-refractivity contribution is 7.92. The van der Waals surface area contributed by atoms with Crippen LogP contribution in [0.4, 0.5) is 11.4 Å². The number of fused-ring (bicyclic) bond motifs is 1. The van der Waals surface area contributed by atoms with Gasteiger partial charge in [-0.2, -0.15) is 0 Å². The van der Waals surface area contributed by atoms with Gasteiger partial charge in [-0.1, -0.05) is 35.9 Å². The summed E-state index contributed by atoms with van der Waals surface area (Å²) in [5.74, 6) is -0.213. The molecule has 5 nitrogen and oxygen atoms in total. The van der Waals surface area contributed by atoms with Crippen molar-refractivity contribution >= 4 is 27.3 Å². The third-order valence-electron chi connectivity index (χ3n) is 4.49. The van der Waals surface area contributed by atoms with E-state index in [1.165, 1.54) is 4.31 Å². The van der Waals surface area contributed by atoms with Crippen molar-refractivity contribution < 1.29 is 13.2 Å². The lowest BCUT2D eigenvalue weighted by Crippen LogP contribution is -2.42. The molecular weight excluding hydrogens is 336 g/mol. The van der Waals surface area contributed by atoms with Crippen molar-refractivity contribution in [3.63, 3.8) is 0 Å². The topological polar surface area (TPSA) is 57.7 Å². The summed E-state index contributed by atoms with van der Waals surface area (Å²) in [7, 11) is -3.57. The molecule has 0 N–H and O–H groups in total. The fourth-order valence-electron chi connectivity index (χ4n) is 3.27. The first kappa shape index (κ1) is 17.5. The molecule has 1 amide bonds. The van der Waals surface area contributed by atoms with E-state index in [-0.39, 0.29) is 12.5 Å². The van der Waals surface area contributed by atoms with E-state index < -0.39 is 10.0 Å². The van der Waals surface area contributed by atoms with Gasteiger partial charge < -0.3 is 4.90 Å². The van der Waals surface area contributed by atoms with Crippen LogP contribution in [-0.2, 0) is 21.2 Å². The van der Waals surface area contributed by atoms with E-state index in [4.69, 9.17) is 0 Å². The van der Waals surface area contributed by atoms with E-state index in [2.05, 4.69) is 0 Å². The molecule has 2 aromatic rings. The fourth-order valence-corrected chi connectivity index (χ4v) is 4.18. The van der Waals surface area contributed by atoms with Crippen molar-refractivity contribution in [3.05, 3.63) is 59.2 Å². The Kier molecular flexibility index (Phi) is 4.56. The quantitative estimate of drug-likeness (QED) is 0.844. The summed E-state index contributed by atoms with van der Waals surface area (Å²) in [6.45, 7) is 4.20. The first-order valence-corrected chi connectivity index (χ1v) is 10.1. The second-order valence-electron chi connectivity index (χ2n) is 6.48. The van der Waals surface area contributed by atoms with Crippen LogP contribution in [0.15, 0.2) is 42.5 Å². The Hall–Kier alpha value is -2.34. The summed E-state index contributed by atoms with van der Waals surface area (Å²) in [6, 6.07) is 13.3. The van der Waals surface area contributed by atoms with E-state index in [1.54, 1.807) is 11.0 Å². The molecule has 25 heavy (non-hydrogen) atoms. The highest BCUT2D eigenvalue weighted by Crippen LogP contribution is 2.29. The Morgan fingerprint density at radius 1 is 1.16 bits per heavy atom. The lowest BCUT2D eigenvalue weighted by atomic mass is 10.1. The lowest BCUT2D eigenvalue weighted by Gasteiger charge is -2.26. The molecule has 0 aliphatic carbocycles. The maximum absolute atomic E-state index is 12.8. The molecule has 0 aromatic heterocycles. The van der Waals surface area contributed by atoms with Crippen LogP contribution in [0.5, 0.6) is 0 Å². The number of hydrogen-bond acceptors (Lipinski definition) is 3. The van der Waals surface area contributed by atoms with E-state index in [0.29, 0.717) is 12.2 Å². The standard InChI is InChI=1S/C19H22N2O3S/c1-14-8-9-17(15(2)12-14)21(25(3,23)24)13-19(22)20-11-10-16-6-4-5-7-18(16)20/h4-9,12H,10-11,13H2,1-3H3. The van der Waals surface area contributed by atoms with Crippen molar-refractivity contribution in [2.24, 2.45) is 0 Å². The molecule has 2 aromatic carbocycles. The molecule has 0 bridgehead atoms. The zero-order valence-electron chi connectivity index (χ0n) is 14.7. The van der Waals surface area contributed by atoms with E-state index >= 15 is 0 Å². The normalized spacial score (nSPS) is 13.6. The van der Waals surface area contributed by atoms with Gasteiger partial charge in [-0.25, -0.2) is 8.42 Å². The molecule has 1 aliphatic rings. The van der Waals surface area contributed by atoms with Crippen LogP contribution in [0.25, 0.3) is 0 Å². The zero-order chi connectivity index (χ0) is 18.2. The average Bonchev–Trinajstić information content (AvgIpc) is 2.96. The summed E-state index contributed by atoms with van der Waals surface area (Å²) in [5, 5.41) is 0. The maximum Gasteiger partial charge on any atom is 0.247 e. The number of rotatable bonds is 4. The fraction of sp³-hybridized carbons (Fsp3) is 0.316. The van der Waals surface area contributed by atoms with E-state index in [9.17, 15) is 13.2 Å². The highest BCUT2D eigenvalue weighted by Gasteiger charge is 2.29. The van der Waals surface area contributed by atoms with Gasteiger partial charge in [0.05, 0.1) is 11.9 Å². The summed E-state index contributed by atoms with van der Waals surface area (Å²) < 4.78 is 25.8. The van der Waals surface area contributed by atoms with Crippen LogP contribution in [-0.4, -0.2) is 33.7 Å². The van der Waals surface area contributed by atoms with Gasteiger partial charge in [-0.15, -0.1) is 0 Å². The Morgan fingerprint density at radius 3 is 2.56 bits per heavy atom. The van der Waals surface area contributed by atoms with Crippen LogP contribution >= 0.6 is 0 Å². The van der Waals surface area contributed by atoms with Gasteiger partial charge >= 0.3 is 0 Å². The Morgan fingerprint density at radius 2 is 1.88 bits per heavy atom. The van der Waals surface area contributed by atoms with E-state index in [1.807, 2.05) is 50.2 Å². The number of nitrogens with zero attached hydrogens (tertiary/aromatic N) is 2. The SMILES string of the molecule is Cc1ccc(N(CC(=O)N2CCc3ccccc32)S(C)(=O)=O)c(C)c1. The maximum atomic E-state index is 12.8.